The van der Waals surface area contributed by atoms with Gasteiger partial charge in [0.05, 0.1) is 11.1 Å². The van der Waals surface area contributed by atoms with Gasteiger partial charge in [0.15, 0.2) is 0 Å². The number of halogens is 1. The molecule has 4 rings (SSSR count). The average molecular weight is 367 g/mol. The molecule has 2 saturated heterocycles. The lowest BCUT2D eigenvalue weighted by atomic mass is 9.71. The molecule has 1 aromatic carbocycles. The second kappa shape index (κ2) is 7.39. The molecule has 0 saturated carbocycles. The van der Waals surface area contributed by atoms with E-state index in [-0.39, 0.29) is 17.1 Å². The van der Waals surface area contributed by atoms with Gasteiger partial charge in [-0.3, -0.25) is 14.7 Å². The van der Waals surface area contributed by atoms with Crippen molar-refractivity contribution >= 4 is 11.6 Å². The molecule has 2 aliphatic heterocycles. The number of likely N-dealkylation sites (tertiary alicyclic amines) is 1. The second-order valence-electron chi connectivity index (χ2n) is 7.86. The van der Waals surface area contributed by atoms with Crippen molar-refractivity contribution in [3.8, 4) is 0 Å². The molecule has 0 atom stereocenters. The third-order valence-corrected chi connectivity index (χ3v) is 6.18. The first-order valence-corrected chi connectivity index (χ1v) is 9.78. The predicted molar refractivity (Wildman–Crippen MR) is 104 cm³/mol. The van der Waals surface area contributed by atoms with Crippen LogP contribution in [-0.4, -0.2) is 35.4 Å². The van der Waals surface area contributed by atoms with E-state index >= 15 is 0 Å². The van der Waals surface area contributed by atoms with Gasteiger partial charge in [0.2, 0.25) is 5.91 Å². The molecule has 2 aliphatic rings. The fourth-order valence-corrected chi connectivity index (χ4v) is 4.44. The molecule has 2 aromatic rings. The summed E-state index contributed by atoms with van der Waals surface area (Å²) < 4.78 is 13.2. The minimum atomic E-state index is -0.268. The van der Waals surface area contributed by atoms with Gasteiger partial charge in [-0.1, -0.05) is 6.07 Å². The Morgan fingerprint density at radius 2 is 1.81 bits per heavy atom. The van der Waals surface area contributed by atoms with Crippen molar-refractivity contribution in [3.05, 3.63) is 59.7 Å². The van der Waals surface area contributed by atoms with Crippen LogP contribution in [0.4, 0.5) is 10.1 Å². The van der Waals surface area contributed by atoms with Crippen LogP contribution in [0.25, 0.3) is 0 Å². The summed E-state index contributed by atoms with van der Waals surface area (Å²) in [4.78, 5) is 22.1. The van der Waals surface area contributed by atoms with Crippen molar-refractivity contribution in [1.82, 2.24) is 9.88 Å². The van der Waals surface area contributed by atoms with E-state index in [1.165, 1.54) is 17.7 Å². The van der Waals surface area contributed by atoms with Crippen molar-refractivity contribution in [2.75, 3.05) is 24.5 Å². The molecule has 1 aromatic heterocycles. The summed E-state index contributed by atoms with van der Waals surface area (Å²) in [6, 6.07) is 10.4. The van der Waals surface area contributed by atoms with E-state index in [9.17, 15) is 9.18 Å². The Bertz CT molecular complexity index is 813. The van der Waals surface area contributed by atoms with Crippen LogP contribution in [0, 0.1) is 18.2 Å². The Morgan fingerprint density at radius 3 is 2.52 bits per heavy atom. The van der Waals surface area contributed by atoms with Gasteiger partial charge in [-0.25, -0.2) is 4.39 Å². The summed E-state index contributed by atoms with van der Waals surface area (Å²) in [5.74, 6) is -0.0509. The zero-order chi connectivity index (χ0) is 18.9. The predicted octanol–water partition coefficient (Wildman–Crippen LogP) is 3.94. The fourth-order valence-electron chi connectivity index (χ4n) is 4.44. The van der Waals surface area contributed by atoms with Gasteiger partial charge in [0.1, 0.15) is 5.82 Å². The maximum Gasteiger partial charge on any atom is 0.233 e. The highest BCUT2D eigenvalue weighted by Gasteiger charge is 2.45. The van der Waals surface area contributed by atoms with Crippen LogP contribution >= 0.6 is 0 Å². The highest BCUT2D eigenvalue weighted by molar-refractivity contribution is 5.98. The van der Waals surface area contributed by atoms with Gasteiger partial charge in [-0.05, 0) is 81.6 Å². The Labute approximate surface area is 160 Å². The normalized spacial score (nSPS) is 20.2. The fraction of sp³-hybridized carbons (Fsp3) is 0.455. The number of piperidine rings is 2. The molecule has 0 radical (unpaired) electrons. The van der Waals surface area contributed by atoms with Crippen LogP contribution in [0.1, 0.15) is 36.9 Å². The summed E-state index contributed by atoms with van der Waals surface area (Å²) in [7, 11) is 0. The number of amides is 1. The molecule has 27 heavy (non-hydrogen) atoms. The number of benzene rings is 1. The summed E-state index contributed by atoms with van der Waals surface area (Å²) in [5, 5.41) is 0. The number of pyridine rings is 1. The number of carbonyl (C=O) groups excluding carboxylic acids is 1. The Balaban J connectivity index is 1.44. The Hall–Kier alpha value is -2.27. The number of carbonyl (C=O) groups is 1. The van der Waals surface area contributed by atoms with Crippen LogP contribution in [0.5, 0.6) is 0 Å². The van der Waals surface area contributed by atoms with E-state index in [1.54, 1.807) is 12.1 Å². The summed E-state index contributed by atoms with van der Waals surface area (Å²) in [6.07, 6.45) is 5.58. The van der Waals surface area contributed by atoms with Gasteiger partial charge in [-0.15, -0.1) is 0 Å². The molecule has 3 heterocycles. The molecule has 0 unspecified atom stereocenters. The highest BCUT2D eigenvalue weighted by atomic mass is 19.1. The van der Waals surface area contributed by atoms with Crippen molar-refractivity contribution in [3.63, 3.8) is 0 Å². The van der Waals surface area contributed by atoms with Crippen molar-refractivity contribution in [1.29, 1.82) is 0 Å². The molecule has 0 bridgehead atoms. The number of anilines is 1. The van der Waals surface area contributed by atoms with Crippen LogP contribution in [0.15, 0.2) is 42.6 Å². The first-order chi connectivity index (χ1) is 13.1. The summed E-state index contributed by atoms with van der Waals surface area (Å²) >= 11 is 0. The lowest BCUT2D eigenvalue weighted by Gasteiger charge is -2.46. The second-order valence-corrected chi connectivity index (χ2v) is 7.86. The van der Waals surface area contributed by atoms with Crippen molar-refractivity contribution in [2.45, 2.75) is 39.2 Å². The molecular formula is C22H26FN3O. The van der Waals surface area contributed by atoms with E-state index < -0.39 is 0 Å². The van der Waals surface area contributed by atoms with E-state index in [0.29, 0.717) is 0 Å². The Kier molecular flexibility index (Phi) is 4.96. The lowest BCUT2D eigenvalue weighted by Crippen LogP contribution is -2.53. The third-order valence-electron chi connectivity index (χ3n) is 6.18. The number of nitrogens with zero attached hydrogens (tertiary/aromatic N) is 3. The summed E-state index contributed by atoms with van der Waals surface area (Å²) in [5.41, 5.74) is 2.89. The molecule has 0 N–H and O–H groups in total. The van der Waals surface area contributed by atoms with E-state index in [1.807, 2.05) is 17.2 Å². The third kappa shape index (κ3) is 3.61. The largest absolute Gasteiger partial charge is 0.312 e. The Morgan fingerprint density at radius 1 is 1.07 bits per heavy atom. The zero-order valence-corrected chi connectivity index (χ0v) is 15.8. The van der Waals surface area contributed by atoms with Crippen LogP contribution in [-0.2, 0) is 11.3 Å². The van der Waals surface area contributed by atoms with Crippen LogP contribution in [0.3, 0.4) is 0 Å². The average Bonchev–Trinajstić information content (AvgIpc) is 2.68. The summed E-state index contributed by atoms with van der Waals surface area (Å²) in [6.45, 7) is 5.50. The number of hydrogen-bond donors (Lipinski definition) is 0. The maximum absolute atomic E-state index is 13.3. The number of rotatable bonds is 3. The minimum absolute atomic E-state index is 0.217. The van der Waals surface area contributed by atoms with Gasteiger partial charge in [-0.2, -0.15) is 0 Å². The highest BCUT2D eigenvalue weighted by Crippen LogP contribution is 2.42. The van der Waals surface area contributed by atoms with E-state index in [2.05, 4.69) is 22.9 Å². The molecule has 1 spiro atoms. The standard InChI is InChI=1S/C22H26FN3O/c1-17-4-2-12-24-20(17)16-25-14-10-22(11-15-25)9-3-13-26(21(22)27)19-7-5-18(23)6-8-19/h2,4-8,12H,3,9-11,13-16H2,1H3. The van der Waals surface area contributed by atoms with Crippen molar-refractivity contribution in [2.24, 2.45) is 5.41 Å². The van der Waals surface area contributed by atoms with Crippen LogP contribution < -0.4 is 4.90 Å². The lowest BCUT2D eigenvalue weighted by molar-refractivity contribution is -0.133. The van der Waals surface area contributed by atoms with Gasteiger partial charge < -0.3 is 4.90 Å². The SMILES string of the molecule is Cc1cccnc1CN1CCC2(CCCN(c3ccc(F)cc3)C2=O)CC1. The smallest absolute Gasteiger partial charge is 0.233 e. The number of hydrogen-bond acceptors (Lipinski definition) is 3. The van der Waals surface area contributed by atoms with Gasteiger partial charge in [0.25, 0.3) is 0 Å². The molecule has 1 amide bonds. The molecule has 142 valence electrons. The zero-order valence-electron chi connectivity index (χ0n) is 15.8. The molecular weight excluding hydrogens is 341 g/mol. The van der Waals surface area contributed by atoms with Crippen LogP contribution in [0.2, 0.25) is 0 Å². The minimum Gasteiger partial charge on any atom is -0.312 e. The molecule has 0 aliphatic carbocycles. The quantitative estimate of drug-likeness (QED) is 0.824. The maximum atomic E-state index is 13.3. The molecule has 2 fully saturated rings. The monoisotopic (exact) mass is 367 g/mol. The van der Waals surface area contributed by atoms with Gasteiger partial charge >= 0.3 is 0 Å². The van der Waals surface area contributed by atoms with Crippen molar-refractivity contribution < 1.29 is 9.18 Å². The van der Waals surface area contributed by atoms with E-state index in [0.717, 1.165) is 63.2 Å². The number of aromatic nitrogens is 1. The van der Waals surface area contributed by atoms with E-state index in [4.69, 9.17) is 0 Å². The first-order valence-electron chi connectivity index (χ1n) is 9.78. The van der Waals surface area contributed by atoms with Gasteiger partial charge in [0, 0.05) is 25.0 Å². The molecule has 4 nitrogen and oxygen atoms in total. The first kappa shape index (κ1) is 18.1. The molecule has 5 heteroatoms. The topological polar surface area (TPSA) is 36.4 Å². The number of aryl methyl sites for hydroxylation is 1.